The summed E-state index contributed by atoms with van der Waals surface area (Å²) >= 11 is 6.38. The van der Waals surface area contributed by atoms with Gasteiger partial charge in [-0.3, -0.25) is 9.59 Å². The molecule has 2 rings (SSSR count). The van der Waals surface area contributed by atoms with Gasteiger partial charge >= 0.3 is 5.97 Å². The van der Waals surface area contributed by atoms with Gasteiger partial charge in [0.1, 0.15) is 0 Å². The third kappa shape index (κ3) is 5.67. The first-order valence-corrected chi connectivity index (χ1v) is 10.6. The zero-order chi connectivity index (χ0) is 18.6. The van der Waals surface area contributed by atoms with Crippen LogP contribution >= 0.6 is 67.8 Å². The number of aryl methyl sites for hydroxylation is 1. The third-order valence-electron chi connectivity index (χ3n) is 3.47. The molecule has 0 bridgehead atoms. The number of amides is 1. The Kier molecular flexibility index (Phi) is 7.73. The number of benzene rings is 2. The maximum Gasteiger partial charge on any atom is 0.303 e. The Morgan fingerprint density at radius 3 is 2.52 bits per heavy atom. The Hall–Kier alpha value is -0.630. The van der Waals surface area contributed by atoms with E-state index in [2.05, 4.69) is 73.1 Å². The molecule has 0 atom stereocenters. The quantitative estimate of drug-likeness (QED) is 0.305. The van der Waals surface area contributed by atoms with Crippen LogP contribution in [-0.4, -0.2) is 17.0 Å². The van der Waals surface area contributed by atoms with E-state index in [1.54, 1.807) is 0 Å². The highest BCUT2D eigenvalue weighted by Gasteiger charge is 2.18. The fourth-order valence-electron chi connectivity index (χ4n) is 2.26. The van der Waals surface area contributed by atoms with E-state index in [9.17, 15) is 9.59 Å². The average Bonchev–Trinajstić information content (AvgIpc) is 2.52. The molecule has 4 N–H and O–H groups in total. The highest BCUT2D eigenvalue weighted by atomic mass is 127. The van der Waals surface area contributed by atoms with Crippen LogP contribution in [-0.2, 0) is 11.2 Å². The van der Waals surface area contributed by atoms with Gasteiger partial charge in [0.15, 0.2) is 0 Å². The summed E-state index contributed by atoms with van der Waals surface area (Å²) in [5.41, 5.74) is 8.88. The number of carboxylic acid groups (broad SMARTS) is 1. The number of nitrogens with two attached hydrogens (primary N) is 1. The molecular weight excluding hydrogens is 661 g/mol. The van der Waals surface area contributed by atoms with E-state index < -0.39 is 5.97 Å². The van der Waals surface area contributed by atoms with E-state index >= 15 is 0 Å². The van der Waals surface area contributed by atoms with Crippen molar-refractivity contribution in [3.8, 4) is 0 Å². The molecule has 8 heteroatoms. The van der Waals surface area contributed by atoms with Gasteiger partial charge in [0.25, 0.3) is 5.91 Å². The average molecular weight is 676 g/mol. The first kappa shape index (κ1) is 20.7. The van der Waals surface area contributed by atoms with E-state index in [4.69, 9.17) is 10.8 Å². The highest BCUT2D eigenvalue weighted by molar-refractivity contribution is 14.1. The molecule has 0 spiro atoms. The van der Waals surface area contributed by atoms with Crippen LogP contribution in [0, 0.1) is 10.7 Å². The number of anilines is 2. The van der Waals surface area contributed by atoms with Crippen molar-refractivity contribution in [2.24, 2.45) is 0 Å². The van der Waals surface area contributed by atoms with Crippen LogP contribution in [0.2, 0.25) is 0 Å². The van der Waals surface area contributed by atoms with Gasteiger partial charge in [-0.15, -0.1) is 0 Å². The lowest BCUT2D eigenvalue weighted by molar-refractivity contribution is -0.137. The fraction of sp³-hybridized carbons (Fsp3) is 0.176. The first-order chi connectivity index (χ1) is 11.8. The van der Waals surface area contributed by atoms with Crippen LogP contribution in [0.1, 0.15) is 28.8 Å². The number of hydrogen-bond donors (Lipinski definition) is 3. The maximum absolute atomic E-state index is 12.7. The van der Waals surface area contributed by atoms with Crippen molar-refractivity contribution in [2.75, 3.05) is 11.1 Å². The number of carbonyl (C=O) groups is 2. The molecule has 1 amide bonds. The smallest absolute Gasteiger partial charge is 0.303 e. The molecular formula is C17H15I3N2O3. The van der Waals surface area contributed by atoms with Crippen LogP contribution in [0.15, 0.2) is 30.3 Å². The van der Waals surface area contributed by atoms with Crippen LogP contribution in [0.3, 0.4) is 0 Å². The molecule has 0 saturated heterocycles. The normalized spacial score (nSPS) is 10.5. The number of nitrogens with one attached hydrogen (secondary N) is 1. The van der Waals surface area contributed by atoms with Crippen LogP contribution in [0.5, 0.6) is 0 Å². The van der Waals surface area contributed by atoms with Crippen molar-refractivity contribution in [1.29, 1.82) is 0 Å². The number of rotatable bonds is 6. The van der Waals surface area contributed by atoms with Crippen molar-refractivity contribution >= 4 is 91.0 Å². The maximum atomic E-state index is 12.7. The van der Waals surface area contributed by atoms with Crippen molar-refractivity contribution in [3.05, 3.63) is 52.2 Å². The molecule has 2 aromatic rings. The van der Waals surface area contributed by atoms with Crippen molar-refractivity contribution in [1.82, 2.24) is 0 Å². The van der Waals surface area contributed by atoms with Gasteiger partial charge in [-0.2, -0.15) is 0 Å². The van der Waals surface area contributed by atoms with Gasteiger partial charge in [-0.05, 0) is 104 Å². The second kappa shape index (κ2) is 9.35. The Bertz CT molecular complexity index is 825. The summed E-state index contributed by atoms with van der Waals surface area (Å²) in [6.07, 6.45) is 1.35. The lowest BCUT2D eigenvalue weighted by Gasteiger charge is -2.13. The summed E-state index contributed by atoms with van der Waals surface area (Å²) in [5.74, 6) is -1.01. The summed E-state index contributed by atoms with van der Waals surface area (Å²) < 4.78 is 2.50. The van der Waals surface area contributed by atoms with E-state index in [1.165, 1.54) is 0 Å². The number of halogens is 3. The molecule has 0 heterocycles. The predicted octanol–water partition coefficient (Wildman–Crippen LogP) is 4.74. The van der Waals surface area contributed by atoms with E-state index in [-0.39, 0.29) is 12.3 Å². The van der Waals surface area contributed by atoms with Crippen LogP contribution < -0.4 is 11.1 Å². The summed E-state index contributed by atoms with van der Waals surface area (Å²) in [6.45, 7) is 0. The van der Waals surface area contributed by atoms with E-state index in [0.717, 1.165) is 16.3 Å². The number of carboxylic acids is 1. The predicted molar refractivity (Wildman–Crippen MR) is 124 cm³/mol. The topological polar surface area (TPSA) is 92.4 Å². The summed E-state index contributed by atoms with van der Waals surface area (Å²) in [7, 11) is 0. The van der Waals surface area contributed by atoms with Gasteiger partial charge in [-0.25, -0.2) is 0 Å². The number of carbonyl (C=O) groups excluding carboxylic acids is 1. The fourth-order valence-corrected chi connectivity index (χ4v) is 6.12. The van der Waals surface area contributed by atoms with Gasteiger partial charge < -0.3 is 16.2 Å². The van der Waals surface area contributed by atoms with E-state index in [0.29, 0.717) is 29.8 Å². The van der Waals surface area contributed by atoms with Crippen molar-refractivity contribution < 1.29 is 14.7 Å². The summed E-state index contributed by atoms with van der Waals surface area (Å²) in [5, 5.41) is 11.6. The molecule has 0 aliphatic heterocycles. The molecule has 5 nitrogen and oxygen atoms in total. The Labute approximate surface area is 186 Å². The van der Waals surface area contributed by atoms with Crippen LogP contribution in [0.4, 0.5) is 11.4 Å². The molecule has 0 aliphatic carbocycles. The standard InChI is InChI=1S/C17H15I3N2O3/c18-11-8-12(19)16(21)15(20)14(11)17(25)22-10-5-1-3-9(7-10)4-2-6-13(23)24/h1,3,5,7-8H,2,4,6,21H2,(H,22,25)(H,23,24). The van der Waals surface area contributed by atoms with Gasteiger partial charge in [0.05, 0.1) is 14.8 Å². The highest BCUT2D eigenvalue weighted by Crippen LogP contribution is 2.30. The lowest BCUT2D eigenvalue weighted by atomic mass is 10.1. The van der Waals surface area contributed by atoms with Gasteiger partial charge in [0.2, 0.25) is 0 Å². The molecule has 132 valence electrons. The number of aliphatic carboxylic acids is 1. The summed E-state index contributed by atoms with van der Waals surface area (Å²) in [4.78, 5) is 23.3. The number of nitrogen functional groups attached to an aromatic ring is 1. The molecule has 0 saturated carbocycles. The second-order valence-electron chi connectivity index (χ2n) is 5.34. The van der Waals surface area contributed by atoms with Crippen molar-refractivity contribution in [3.63, 3.8) is 0 Å². The largest absolute Gasteiger partial charge is 0.481 e. The Balaban J connectivity index is 2.16. The second-order valence-corrected chi connectivity index (χ2v) is 8.75. The zero-order valence-electron chi connectivity index (χ0n) is 13.0. The minimum Gasteiger partial charge on any atom is -0.481 e. The van der Waals surface area contributed by atoms with E-state index in [1.807, 2.05) is 30.3 Å². The Morgan fingerprint density at radius 1 is 1.12 bits per heavy atom. The zero-order valence-corrected chi connectivity index (χ0v) is 19.5. The minimum atomic E-state index is -0.801. The monoisotopic (exact) mass is 676 g/mol. The molecule has 0 aromatic heterocycles. The third-order valence-corrected chi connectivity index (χ3v) is 6.34. The van der Waals surface area contributed by atoms with Crippen molar-refractivity contribution in [2.45, 2.75) is 19.3 Å². The SMILES string of the molecule is Nc1c(I)cc(I)c(C(=O)Nc2cccc(CCCC(=O)O)c2)c1I. The molecule has 0 unspecified atom stereocenters. The van der Waals surface area contributed by atoms with Gasteiger partial charge in [0, 0.05) is 19.2 Å². The van der Waals surface area contributed by atoms with Crippen LogP contribution in [0.25, 0.3) is 0 Å². The molecule has 0 fully saturated rings. The molecule has 0 radical (unpaired) electrons. The molecule has 0 aliphatic rings. The first-order valence-electron chi connectivity index (χ1n) is 7.34. The minimum absolute atomic E-state index is 0.134. The number of hydrogen-bond acceptors (Lipinski definition) is 3. The lowest BCUT2D eigenvalue weighted by Crippen LogP contribution is -2.17. The molecule has 2 aromatic carbocycles. The summed E-state index contributed by atoms with van der Waals surface area (Å²) in [6, 6.07) is 9.34. The molecule has 25 heavy (non-hydrogen) atoms. The van der Waals surface area contributed by atoms with Gasteiger partial charge in [-0.1, -0.05) is 12.1 Å². The Morgan fingerprint density at radius 2 is 1.84 bits per heavy atom.